The monoisotopic (exact) mass is 265 g/mol. The lowest BCUT2D eigenvalue weighted by molar-refractivity contribution is 0.0746. The Labute approximate surface area is 115 Å². The van der Waals surface area contributed by atoms with E-state index in [-0.39, 0.29) is 11.5 Å². The predicted octanol–water partition coefficient (Wildman–Crippen LogP) is 4.18. The van der Waals surface area contributed by atoms with Gasteiger partial charge in [-0.1, -0.05) is 32.8 Å². The van der Waals surface area contributed by atoms with E-state index in [1.807, 2.05) is 6.92 Å². The average molecular weight is 265 g/mol. The van der Waals surface area contributed by atoms with Crippen LogP contribution in [0.15, 0.2) is 18.2 Å². The van der Waals surface area contributed by atoms with Crippen molar-refractivity contribution < 1.29 is 9.18 Å². The second kappa shape index (κ2) is 7.93. The second-order valence-corrected chi connectivity index (χ2v) is 4.98. The molecule has 0 aromatic heterocycles. The minimum absolute atomic E-state index is 0.181. The van der Waals surface area contributed by atoms with Crippen LogP contribution in [0.2, 0.25) is 0 Å². The third-order valence-corrected chi connectivity index (χ3v) is 3.21. The Balaban J connectivity index is 2.84. The predicted molar refractivity (Wildman–Crippen MR) is 76.9 cm³/mol. The van der Waals surface area contributed by atoms with E-state index >= 15 is 0 Å². The zero-order valence-corrected chi connectivity index (χ0v) is 12.2. The largest absolute Gasteiger partial charge is 0.339 e. The molecule has 0 bridgehead atoms. The minimum Gasteiger partial charge on any atom is -0.339 e. The highest BCUT2D eigenvalue weighted by Gasteiger charge is 2.18. The first-order valence-electron chi connectivity index (χ1n) is 7.15. The maximum atomic E-state index is 13.9. The van der Waals surface area contributed by atoms with E-state index in [4.69, 9.17) is 0 Å². The van der Waals surface area contributed by atoms with Crippen molar-refractivity contribution in [2.24, 2.45) is 0 Å². The maximum absolute atomic E-state index is 13.9. The van der Waals surface area contributed by atoms with Crippen LogP contribution < -0.4 is 0 Å². The smallest absolute Gasteiger partial charge is 0.256 e. The Kier molecular flexibility index (Phi) is 6.54. The molecule has 0 radical (unpaired) electrons. The van der Waals surface area contributed by atoms with Crippen LogP contribution in [0.25, 0.3) is 0 Å². The molecule has 0 N–H and O–H groups in total. The molecule has 0 fully saturated rings. The molecular weight excluding hydrogens is 241 g/mol. The lowest BCUT2D eigenvalue weighted by Crippen LogP contribution is -2.33. The highest BCUT2D eigenvalue weighted by molar-refractivity contribution is 5.94. The molecule has 1 aromatic carbocycles. The van der Waals surface area contributed by atoms with Crippen molar-refractivity contribution in [2.75, 3.05) is 13.1 Å². The topological polar surface area (TPSA) is 20.3 Å². The van der Waals surface area contributed by atoms with Gasteiger partial charge < -0.3 is 4.90 Å². The van der Waals surface area contributed by atoms with Gasteiger partial charge in [0.25, 0.3) is 5.91 Å². The molecule has 0 atom stereocenters. The summed E-state index contributed by atoms with van der Waals surface area (Å²) in [5, 5.41) is 0. The molecule has 0 spiro atoms. The number of benzene rings is 1. The van der Waals surface area contributed by atoms with Gasteiger partial charge in [-0.2, -0.15) is 0 Å². The summed E-state index contributed by atoms with van der Waals surface area (Å²) in [4.78, 5) is 14.2. The molecular formula is C16H24FNO. The van der Waals surface area contributed by atoms with Crippen molar-refractivity contribution in [1.29, 1.82) is 0 Å². The van der Waals surface area contributed by atoms with Crippen LogP contribution in [0, 0.1) is 12.7 Å². The molecule has 0 saturated carbocycles. The number of halogens is 1. The molecule has 0 unspecified atom stereocenters. The zero-order valence-electron chi connectivity index (χ0n) is 12.2. The van der Waals surface area contributed by atoms with Gasteiger partial charge in [0, 0.05) is 13.1 Å². The van der Waals surface area contributed by atoms with Crippen LogP contribution in [0.5, 0.6) is 0 Å². The van der Waals surface area contributed by atoms with Gasteiger partial charge in [0.1, 0.15) is 5.82 Å². The van der Waals surface area contributed by atoms with Crippen LogP contribution in [-0.2, 0) is 0 Å². The van der Waals surface area contributed by atoms with Crippen LogP contribution >= 0.6 is 0 Å². The van der Waals surface area contributed by atoms with Gasteiger partial charge in [-0.25, -0.2) is 4.39 Å². The average Bonchev–Trinajstić information content (AvgIpc) is 2.38. The molecule has 0 heterocycles. The van der Waals surface area contributed by atoms with Crippen LogP contribution in [0.1, 0.15) is 55.5 Å². The fourth-order valence-electron chi connectivity index (χ4n) is 1.98. The molecule has 1 amide bonds. The Morgan fingerprint density at radius 2 is 1.74 bits per heavy atom. The quantitative estimate of drug-likeness (QED) is 0.724. The van der Waals surface area contributed by atoms with Gasteiger partial charge >= 0.3 is 0 Å². The van der Waals surface area contributed by atoms with E-state index in [1.165, 1.54) is 6.07 Å². The first kappa shape index (κ1) is 15.7. The first-order chi connectivity index (χ1) is 9.10. The van der Waals surface area contributed by atoms with Crippen molar-refractivity contribution in [1.82, 2.24) is 4.90 Å². The molecule has 0 aliphatic heterocycles. The Morgan fingerprint density at radius 1 is 1.16 bits per heavy atom. The van der Waals surface area contributed by atoms with Gasteiger partial charge in [-0.3, -0.25) is 4.79 Å². The van der Waals surface area contributed by atoms with Crippen molar-refractivity contribution in [3.63, 3.8) is 0 Å². The Morgan fingerprint density at radius 3 is 2.21 bits per heavy atom. The Hall–Kier alpha value is -1.38. The maximum Gasteiger partial charge on any atom is 0.256 e. The highest BCUT2D eigenvalue weighted by atomic mass is 19.1. The molecule has 19 heavy (non-hydrogen) atoms. The number of carbonyl (C=O) groups excluding carboxylic acids is 1. The number of nitrogens with zero attached hydrogens (tertiary/aromatic N) is 1. The van der Waals surface area contributed by atoms with Crippen molar-refractivity contribution in [2.45, 2.75) is 46.5 Å². The fourth-order valence-corrected chi connectivity index (χ4v) is 1.98. The van der Waals surface area contributed by atoms with Crippen LogP contribution in [-0.4, -0.2) is 23.9 Å². The summed E-state index contributed by atoms with van der Waals surface area (Å²) >= 11 is 0. The van der Waals surface area contributed by atoms with Gasteiger partial charge in [0.05, 0.1) is 5.56 Å². The van der Waals surface area contributed by atoms with E-state index in [0.717, 1.165) is 31.2 Å². The molecule has 0 saturated heterocycles. The third kappa shape index (κ3) is 4.66. The lowest BCUT2D eigenvalue weighted by Gasteiger charge is -2.22. The summed E-state index contributed by atoms with van der Waals surface area (Å²) < 4.78 is 13.9. The van der Waals surface area contributed by atoms with Gasteiger partial charge in [0.15, 0.2) is 0 Å². The third-order valence-electron chi connectivity index (χ3n) is 3.21. The number of unbranched alkanes of at least 4 members (excludes halogenated alkanes) is 2. The van der Waals surface area contributed by atoms with Crippen molar-refractivity contribution in [3.8, 4) is 0 Å². The zero-order chi connectivity index (χ0) is 14.3. The molecule has 1 rings (SSSR count). The molecule has 1 aromatic rings. The molecule has 3 heteroatoms. The van der Waals surface area contributed by atoms with Crippen molar-refractivity contribution in [3.05, 3.63) is 35.1 Å². The highest BCUT2D eigenvalue weighted by Crippen LogP contribution is 2.14. The SMILES string of the molecule is CCCCN(CCCC)C(=O)c1ccc(C)cc1F. The van der Waals surface area contributed by atoms with E-state index in [2.05, 4.69) is 13.8 Å². The van der Waals surface area contributed by atoms with E-state index in [9.17, 15) is 9.18 Å². The first-order valence-corrected chi connectivity index (χ1v) is 7.15. The van der Waals surface area contributed by atoms with Crippen LogP contribution in [0.3, 0.4) is 0 Å². The van der Waals surface area contributed by atoms with E-state index in [0.29, 0.717) is 13.1 Å². The van der Waals surface area contributed by atoms with Crippen molar-refractivity contribution >= 4 is 5.91 Å². The summed E-state index contributed by atoms with van der Waals surface area (Å²) in [6, 6.07) is 4.80. The summed E-state index contributed by atoms with van der Waals surface area (Å²) in [5.41, 5.74) is 1.03. The standard InChI is InChI=1S/C16H24FNO/c1-4-6-10-18(11-7-5-2)16(19)14-9-8-13(3)12-15(14)17/h8-9,12H,4-7,10-11H2,1-3H3. The number of hydrogen-bond donors (Lipinski definition) is 0. The normalized spacial score (nSPS) is 10.5. The number of hydrogen-bond acceptors (Lipinski definition) is 1. The summed E-state index contributed by atoms with van der Waals surface area (Å²) in [6.45, 7) is 7.43. The number of carbonyl (C=O) groups is 1. The van der Waals surface area contributed by atoms with Crippen LogP contribution in [0.4, 0.5) is 4.39 Å². The molecule has 0 aliphatic carbocycles. The number of rotatable bonds is 7. The van der Waals surface area contributed by atoms with Gasteiger partial charge in [0.2, 0.25) is 0 Å². The molecule has 106 valence electrons. The second-order valence-electron chi connectivity index (χ2n) is 4.98. The van der Waals surface area contributed by atoms with E-state index < -0.39 is 5.82 Å². The molecule has 0 aliphatic rings. The molecule has 2 nitrogen and oxygen atoms in total. The van der Waals surface area contributed by atoms with E-state index in [1.54, 1.807) is 17.0 Å². The Bertz CT molecular complexity index is 409. The van der Waals surface area contributed by atoms with Gasteiger partial charge in [-0.05, 0) is 37.5 Å². The lowest BCUT2D eigenvalue weighted by atomic mass is 10.1. The fraction of sp³-hybridized carbons (Fsp3) is 0.562. The number of amides is 1. The summed E-state index contributed by atoms with van der Waals surface area (Å²) in [5.74, 6) is -0.595. The summed E-state index contributed by atoms with van der Waals surface area (Å²) in [6.07, 6.45) is 3.99. The minimum atomic E-state index is -0.414. The van der Waals surface area contributed by atoms with Gasteiger partial charge in [-0.15, -0.1) is 0 Å². The summed E-state index contributed by atoms with van der Waals surface area (Å²) in [7, 11) is 0. The number of aryl methyl sites for hydroxylation is 1.